The molecule has 2 aromatic carbocycles. The van der Waals surface area contributed by atoms with Crippen molar-refractivity contribution >= 4 is 17.5 Å². The van der Waals surface area contributed by atoms with E-state index in [0.717, 1.165) is 34.6 Å². The fourth-order valence-corrected chi connectivity index (χ4v) is 4.48. The molecule has 2 N–H and O–H groups in total. The van der Waals surface area contributed by atoms with E-state index in [1.807, 2.05) is 43.3 Å². The van der Waals surface area contributed by atoms with E-state index in [2.05, 4.69) is 29.6 Å². The Hall–Kier alpha value is -3.74. The molecule has 1 aliphatic carbocycles. The Balaban J connectivity index is 1.36. The zero-order valence-electron chi connectivity index (χ0n) is 19.7. The predicted octanol–water partition coefficient (Wildman–Crippen LogP) is 3.97. The van der Waals surface area contributed by atoms with Crippen LogP contribution in [-0.2, 0) is 17.6 Å². The molecule has 1 aliphatic rings. The number of nitrogens with zero attached hydrogens (tertiary/aromatic N) is 2. The summed E-state index contributed by atoms with van der Waals surface area (Å²) in [5.74, 6) is 0.530. The molecule has 34 heavy (non-hydrogen) atoms. The minimum Gasteiger partial charge on any atom is -0.711 e. The summed E-state index contributed by atoms with van der Waals surface area (Å²) < 4.78 is 6.82. The molecule has 4 rings (SSSR count). The average molecular weight is 462 g/mol. The standard InChI is InChI=1S/C27H31N3O4/c1-29(2)23-10-12-30(33)26(18-23)28-11-5-13-34-24-9-8-19-14-22(17-27(31)32)25-7-4-3-6-20(25)15-21(19)16-24/h3-4,6-10,12,16,18,22,28H,5,11,13-15,17H2,1-2H3,(H,31,32)/t22-/m0/s1. The van der Waals surface area contributed by atoms with Gasteiger partial charge < -0.3 is 20.0 Å². The highest BCUT2D eigenvalue weighted by Gasteiger charge is 2.24. The van der Waals surface area contributed by atoms with E-state index < -0.39 is 5.97 Å². The first-order valence-electron chi connectivity index (χ1n) is 11.6. The molecule has 0 fully saturated rings. The second kappa shape index (κ2) is 10.5. The molecule has 0 unspecified atom stereocenters. The summed E-state index contributed by atoms with van der Waals surface area (Å²) >= 11 is 0. The van der Waals surface area contributed by atoms with Crippen molar-refractivity contribution < 1.29 is 19.4 Å². The first-order valence-corrected chi connectivity index (χ1v) is 11.6. The number of aromatic nitrogens is 1. The highest BCUT2D eigenvalue weighted by molar-refractivity contribution is 5.68. The van der Waals surface area contributed by atoms with Gasteiger partial charge in [0.2, 0.25) is 0 Å². The number of pyridine rings is 1. The van der Waals surface area contributed by atoms with Gasteiger partial charge in [-0.1, -0.05) is 30.3 Å². The number of benzene rings is 2. The first-order chi connectivity index (χ1) is 16.4. The Morgan fingerprint density at radius 3 is 2.76 bits per heavy atom. The van der Waals surface area contributed by atoms with Crippen molar-refractivity contribution in [3.05, 3.63) is 88.3 Å². The van der Waals surface area contributed by atoms with Crippen LogP contribution in [0, 0.1) is 5.21 Å². The molecular weight excluding hydrogens is 430 g/mol. The molecule has 7 heteroatoms. The van der Waals surface area contributed by atoms with Gasteiger partial charge in [0.25, 0.3) is 5.82 Å². The lowest BCUT2D eigenvalue weighted by Gasteiger charge is -2.16. The van der Waals surface area contributed by atoms with Crippen molar-refractivity contribution in [3.63, 3.8) is 0 Å². The van der Waals surface area contributed by atoms with Gasteiger partial charge >= 0.3 is 5.97 Å². The molecule has 0 spiro atoms. The maximum atomic E-state index is 12.0. The number of rotatable bonds is 9. The van der Waals surface area contributed by atoms with Gasteiger partial charge in [-0.3, -0.25) is 10.1 Å². The van der Waals surface area contributed by atoms with Crippen LogP contribution in [0.3, 0.4) is 0 Å². The molecule has 7 nitrogen and oxygen atoms in total. The van der Waals surface area contributed by atoms with Crippen molar-refractivity contribution in [2.24, 2.45) is 0 Å². The van der Waals surface area contributed by atoms with Crippen LogP contribution >= 0.6 is 0 Å². The Labute approximate surface area is 200 Å². The van der Waals surface area contributed by atoms with Gasteiger partial charge in [-0.15, -0.1) is 0 Å². The molecule has 0 saturated carbocycles. The van der Waals surface area contributed by atoms with Crippen LogP contribution in [0.2, 0.25) is 0 Å². The average Bonchev–Trinajstić information content (AvgIpc) is 2.95. The zero-order chi connectivity index (χ0) is 24.1. The molecule has 0 amide bonds. The van der Waals surface area contributed by atoms with Crippen molar-refractivity contribution in [2.75, 3.05) is 37.5 Å². The lowest BCUT2D eigenvalue weighted by Crippen LogP contribution is -2.31. The SMILES string of the molecule is CN(C)c1cc[n+]([O-])c(NCCCOc2ccc3c(c2)Cc2ccccc2[C@H](CC(=O)O)C3)c1. The van der Waals surface area contributed by atoms with Crippen LogP contribution in [0.5, 0.6) is 5.75 Å². The molecule has 1 heterocycles. The van der Waals surface area contributed by atoms with Crippen molar-refractivity contribution in [1.29, 1.82) is 0 Å². The van der Waals surface area contributed by atoms with Crippen LogP contribution in [-0.4, -0.2) is 38.3 Å². The van der Waals surface area contributed by atoms with E-state index in [1.54, 1.807) is 6.07 Å². The molecule has 1 aromatic heterocycles. The topological polar surface area (TPSA) is 88.7 Å². The van der Waals surface area contributed by atoms with Crippen LogP contribution in [0.1, 0.15) is 41.0 Å². The van der Waals surface area contributed by atoms with Gasteiger partial charge in [0, 0.05) is 32.3 Å². The number of ether oxygens (including phenoxy) is 1. The van der Waals surface area contributed by atoms with Gasteiger partial charge in [-0.2, -0.15) is 0 Å². The van der Waals surface area contributed by atoms with Crippen LogP contribution in [0.4, 0.5) is 11.5 Å². The number of fused-ring (bicyclic) bond motifs is 2. The van der Waals surface area contributed by atoms with E-state index >= 15 is 0 Å². The molecule has 0 saturated heterocycles. The van der Waals surface area contributed by atoms with Gasteiger partial charge in [0.15, 0.2) is 0 Å². The summed E-state index contributed by atoms with van der Waals surface area (Å²) in [5.41, 5.74) is 5.63. The quantitative estimate of drug-likeness (QED) is 0.285. The normalized spacial score (nSPS) is 14.5. The van der Waals surface area contributed by atoms with E-state index in [4.69, 9.17) is 4.74 Å². The number of nitrogens with one attached hydrogen (secondary N) is 1. The molecule has 1 atom stereocenters. The monoisotopic (exact) mass is 461 g/mol. The molecule has 0 bridgehead atoms. The van der Waals surface area contributed by atoms with Crippen LogP contribution in [0.15, 0.2) is 60.8 Å². The number of hydrogen-bond acceptors (Lipinski definition) is 5. The first kappa shape index (κ1) is 23.4. The maximum absolute atomic E-state index is 12.0. The number of carbonyl (C=O) groups is 1. The second-order valence-corrected chi connectivity index (χ2v) is 8.92. The number of carboxylic acids is 1. The minimum atomic E-state index is -0.771. The summed E-state index contributed by atoms with van der Waals surface area (Å²) in [4.78, 5) is 13.4. The number of carboxylic acid groups (broad SMARTS) is 1. The second-order valence-electron chi connectivity index (χ2n) is 8.92. The molecule has 3 aromatic rings. The lowest BCUT2D eigenvalue weighted by molar-refractivity contribution is -0.590. The van der Waals surface area contributed by atoms with E-state index in [-0.39, 0.29) is 12.3 Å². The summed E-state index contributed by atoms with van der Waals surface area (Å²) in [6.45, 7) is 1.14. The Bertz CT molecular complexity index is 1160. The molecular formula is C27H31N3O4. The van der Waals surface area contributed by atoms with Gasteiger partial charge in [0.1, 0.15) is 5.75 Å². The van der Waals surface area contributed by atoms with Crippen molar-refractivity contribution in [1.82, 2.24) is 0 Å². The fourth-order valence-electron chi connectivity index (χ4n) is 4.48. The maximum Gasteiger partial charge on any atom is 0.303 e. The van der Waals surface area contributed by atoms with Crippen molar-refractivity contribution in [3.8, 4) is 5.75 Å². The third-order valence-corrected chi connectivity index (χ3v) is 6.26. The summed E-state index contributed by atoms with van der Waals surface area (Å²) in [7, 11) is 3.88. The Morgan fingerprint density at radius 1 is 1.15 bits per heavy atom. The third kappa shape index (κ3) is 5.60. The molecule has 0 radical (unpaired) electrons. The van der Waals surface area contributed by atoms with Gasteiger partial charge in [-0.25, -0.2) is 4.73 Å². The zero-order valence-corrected chi connectivity index (χ0v) is 19.7. The summed E-state index contributed by atoms with van der Waals surface area (Å²) in [6.07, 6.45) is 3.86. The number of anilines is 2. The lowest BCUT2D eigenvalue weighted by atomic mass is 9.89. The minimum absolute atomic E-state index is 0.0254. The van der Waals surface area contributed by atoms with E-state index in [9.17, 15) is 15.1 Å². The van der Waals surface area contributed by atoms with Gasteiger partial charge in [0.05, 0.1) is 31.8 Å². The Kier molecular flexibility index (Phi) is 7.21. The third-order valence-electron chi connectivity index (χ3n) is 6.26. The predicted molar refractivity (Wildman–Crippen MR) is 133 cm³/mol. The van der Waals surface area contributed by atoms with Crippen LogP contribution in [0.25, 0.3) is 0 Å². The smallest absolute Gasteiger partial charge is 0.303 e. The summed E-state index contributed by atoms with van der Waals surface area (Å²) in [6, 6.07) is 17.9. The molecule has 0 aliphatic heterocycles. The highest BCUT2D eigenvalue weighted by Crippen LogP contribution is 2.35. The van der Waals surface area contributed by atoms with E-state index in [0.29, 0.717) is 25.4 Å². The molecule has 178 valence electrons. The number of hydrogen-bond donors (Lipinski definition) is 2. The number of aliphatic carboxylic acids is 1. The highest BCUT2D eigenvalue weighted by atomic mass is 16.5. The Morgan fingerprint density at radius 2 is 1.97 bits per heavy atom. The largest absolute Gasteiger partial charge is 0.711 e. The van der Waals surface area contributed by atoms with Crippen molar-refractivity contribution in [2.45, 2.75) is 31.6 Å². The summed E-state index contributed by atoms with van der Waals surface area (Å²) in [5, 5.41) is 24.6. The van der Waals surface area contributed by atoms with Crippen LogP contribution < -0.4 is 19.7 Å². The fraction of sp³-hybridized carbons (Fsp3) is 0.333. The van der Waals surface area contributed by atoms with Gasteiger partial charge in [-0.05, 0) is 53.1 Å². The van der Waals surface area contributed by atoms with E-state index in [1.165, 1.54) is 22.9 Å².